The maximum Gasteiger partial charge on any atom is 0.138 e. The Morgan fingerprint density at radius 2 is 2.12 bits per heavy atom. The van der Waals surface area contributed by atoms with Crippen LogP contribution in [0.1, 0.15) is 44.7 Å². The van der Waals surface area contributed by atoms with E-state index < -0.39 is 0 Å². The second-order valence-corrected chi connectivity index (χ2v) is 4.84. The molecule has 0 amide bonds. The topological polar surface area (TPSA) is 48.1 Å². The first-order chi connectivity index (χ1) is 7.66. The van der Waals surface area contributed by atoms with Crippen LogP contribution in [0.5, 0.6) is 5.75 Å². The summed E-state index contributed by atoms with van der Waals surface area (Å²) in [6.45, 7) is 4.02. The van der Waals surface area contributed by atoms with Crippen LogP contribution in [0.3, 0.4) is 0 Å². The van der Waals surface area contributed by atoms with Gasteiger partial charge in [-0.15, -0.1) is 0 Å². The van der Waals surface area contributed by atoms with Gasteiger partial charge in [-0.05, 0) is 44.2 Å². The molecule has 2 rings (SSSR count). The van der Waals surface area contributed by atoms with Crippen molar-refractivity contribution in [3.05, 3.63) is 24.0 Å². The molecule has 0 aromatic carbocycles. The first-order valence-electron chi connectivity index (χ1n) is 6.04. The summed E-state index contributed by atoms with van der Waals surface area (Å²) in [5.41, 5.74) is 7.30. The van der Waals surface area contributed by atoms with Crippen molar-refractivity contribution in [2.75, 3.05) is 0 Å². The van der Waals surface area contributed by atoms with Gasteiger partial charge >= 0.3 is 0 Å². The van der Waals surface area contributed by atoms with Crippen molar-refractivity contribution in [2.24, 2.45) is 11.7 Å². The molecule has 1 saturated carbocycles. The number of pyridine rings is 1. The van der Waals surface area contributed by atoms with Gasteiger partial charge in [0.1, 0.15) is 5.75 Å². The van der Waals surface area contributed by atoms with E-state index >= 15 is 0 Å². The smallest absolute Gasteiger partial charge is 0.138 e. The number of ether oxygens (including phenoxy) is 1. The molecule has 0 spiro atoms. The van der Waals surface area contributed by atoms with E-state index in [0.29, 0.717) is 5.92 Å². The molecule has 0 radical (unpaired) electrons. The van der Waals surface area contributed by atoms with E-state index in [0.717, 1.165) is 11.3 Å². The van der Waals surface area contributed by atoms with Gasteiger partial charge in [-0.3, -0.25) is 4.98 Å². The minimum atomic E-state index is 0.122. The Bertz CT molecular complexity index is 348. The van der Waals surface area contributed by atoms with Crippen LogP contribution in [0.4, 0.5) is 0 Å². The molecule has 0 aliphatic heterocycles. The average Bonchev–Trinajstić information content (AvgIpc) is 2.14. The van der Waals surface area contributed by atoms with Crippen LogP contribution in [-0.2, 0) is 0 Å². The molecule has 1 atom stereocenters. The number of hydrogen-bond donors (Lipinski definition) is 1. The predicted molar refractivity (Wildman–Crippen MR) is 64.3 cm³/mol. The van der Waals surface area contributed by atoms with E-state index in [9.17, 15) is 0 Å². The Morgan fingerprint density at radius 3 is 2.69 bits per heavy atom. The summed E-state index contributed by atoms with van der Waals surface area (Å²) in [5.74, 6) is 1.46. The summed E-state index contributed by atoms with van der Waals surface area (Å²) in [6, 6.07) is 2.15. The average molecular weight is 220 g/mol. The number of nitrogens with two attached hydrogens (primary N) is 1. The highest BCUT2D eigenvalue weighted by atomic mass is 16.5. The van der Waals surface area contributed by atoms with Gasteiger partial charge in [0, 0.05) is 12.2 Å². The maximum atomic E-state index is 6.20. The molecule has 1 heterocycles. The van der Waals surface area contributed by atoms with Crippen LogP contribution in [0.2, 0.25) is 0 Å². The Kier molecular flexibility index (Phi) is 3.44. The molecular weight excluding hydrogens is 200 g/mol. The molecule has 0 bridgehead atoms. The molecule has 0 saturated heterocycles. The van der Waals surface area contributed by atoms with Crippen molar-refractivity contribution in [2.45, 2.75) is 45.3 Å². The molecule has 2 N–H and O–H groups in total. The lowest BCUT2D eigenvalue weighted by Gasteiger charge is -2.31. The predicted octanol–water partition coefficient (Wildman–Crippen LogP) is 2.67. The van der Waals surface area contributed by atoms with Crippen molar-refractivity contribution < 1.29 is 4.74 Å². The molecule has 1 aliphatic rings. The van der Waals surface area contributed by atoms with E-state index in [4.69, 9.17) is 10.5 Å². The molecular formula is C13H20N2O. The lowest BCUT2D eigenvalue weighted by atomic mass is 9.78. The van der Waals surface area contributed by atoms with E-state index in [1.165, 1.54) is 19.3 Å². The van der Waals surface area contributed by atoms with Crippen LogP contribution in [0.15, 0.2) is 18.5 Å². The van der Waals surface area contributed by atoms with E-state index in [1.807, 2.05) is 26.1 Å². The molecule has 1 unspecified atom stereocenters. The number of aromatic nitrogens is 1. The SMILES string of the molecule is CC(C)Oc1cncc(C(N)C2CCC2)c1. The summed E-state index contributed by atoms with van der Waals surface area (Å²) in [6.07, 6.45) is 7.59. The third-order valence-corrected chi connectivity index (χ3v) is 3.15. The zero-order valence-corrected chi connectivity index (χ0v) is 10.0. The summed E-state index contributed by atoms with van der Waals surface area (Å²) in [5, 5.41) is 0. The lowest BCUT2D eigenvalue weighted by molar-refractivity contribution is 0.238. The van der Waals surface area contributed by atoms with E-state index in [-0.39, 0.29) is 12.1 Å². The molecule has 1 fully saturated rings. The van der Waals surface area contributed by atoms with Gasteiger partial charge in [0.15, 0.2) is 0 Å². The molecule has 16 heavy (non-hydrogen) atoms. The zero-order valence-electron chi connectivity index (χ0n) is 10.0. The Morgan fingerprint density at radius 1 is 1.38 bits per heavy atom. The Balaban J connectivity index is 2.08. The third kappa shape index (κ3) is 2.53. The monoisotopic (exact) mass is 220 g/mol. The number of hydrogen-bond acceptors (Lipinski definition) is 3. The molecule has 3 heteroatoms. The van der Waals surface area contributed by atoms with Gasteiger partial charge in [0.2, 0.25) is 0 Å². The first-order valence-corrected chi connectivity index (χ1v) is 6.04. The highest BCUT2D eigenvalue weighted by Gasteiger charge is 2.25. The van der Waals surface area contributed by atoms with Crippen LogP contribution in [0.25, 0.3) is 0 Å². The lowest BCUT2D eigenvalue weighted by Crippen LogP contribution is -2.27. The Labute approximate surface area is 97.0 Å². The van der Waals surface area contributed by atoms with Gasteiger partial charge in [-0.2, -0.15) is 0 Å². The largest absolute Gasteiger partial charge is 0.489 e. The van der Waals surface area contributed by atoms with Gasteiger partial charge < -0.3 is 10.5 Å². The molecule has 1 aromatic heterocycles. The van der Waals surface area contributed by atoms with Crippen molar-refractivity contribution in [3.8, 4) is 5.75 Å². The second kappa shape index (κ2) is 4.83. The van der Waals surface area contributed by atoms with Crippen molar-refractivity contribution >= 4 is 0 Å². The van der Waals surface area contributed by atoms with E-state index in [1.54, 1.807) is 6.20 Å². The minimum absolute atomic E-state index is 0.122. The fourth-order valence-electron chi connectivity index (χ4n) is 2.03. The zero-order chi connectivity index (χ0) is 11.5. The third-order valence-electron chi connectivity index (χ3n) is 3.15. The highest BCUT2D eigenvalue weighted by Crippen LogP contribution is 2.36. The minimum Gasteiger partial charge on any atom is -0.489 e. The summed E-state index contributed by atoms with van der Waals surface area (Å²) in [7, 11) is 0. The second-order valence-electron chi connectivity index (χ2n) is 4.84. The normalized spacial score (nSPS) is 18.2. The van der Waals surface area contributed by atoms with Crippen LogP contribution < -0.4 is 10.5 Å². The molecule has 3 nitrogen and oxygen atoms in total. The van der Waals surface area contributed by atoms with Gasteiger partial charge in [-0.1, -0.05) is 6.42 Å². The highest BCUT2D eigenvalue weighted by molar-refractivity contribution is 5.26. The standard InChI is InChI=1S/C13H20N2O/c1-9(2)16-12-6-11(7-15-8-12)13(14)10-4-3-5-10/h6-10,13H,3-5,14H2,1-2H3. The van der Waals surface area contributed by atoms with Crippen molar-refractivity contribution in [1.82, 2.24) is 4.98 Å². The van der Waals surface area contributed by atoms with Crippen LogP contribution >= 0.6 is 0 Å². The fraction of sp³-hybridized carbons (Fsp3) is 0.615. The first kappa shape index (κ1) is 11.4. The quantitative estimate of drug-likeness (QED) is 0.848. The molecule has 1 aromatic rings. The number of nitrogens with zero attached hydrogens (tertiary/aromatic N) is 1. The van der Waals surface area contributed by atoms with Crippen LogP contribution in [0, 0.1) is 5.92 Å². The van der Waals surface area contributed by atoms with Gasteiger partial charge in [0.05, 0.1) is 12.3 Å². The summed E-state index contributed by atoms with van der Waals surface area (Å²) in [4.78, 5) is 4.19. The van der Waals surface area contributed by atoms with Crippen molar-refractivity contribution in [1.29, 1.82) is 0 Å². The fourth-order valence-corrected chi connectivity index (χ4v) is 2.03. The molecule has 1 aliphatic carbocycles. The number of rotatable bonds is 4. The summed E-state index contributed by atoms with van der Waals surface area (Å²) < 4.78 is 5.62. The van der Waals surface area contributed by atoms with Crippen LogP contribution in [-0.4, -0.2) is 11.1 Å². The van der Waals surface area contributed by atoms with Gasteiger partial charge in [0.25, 0.3) is 0 Å². The maximum absolute atomic E-state index is 6.20. The van der Waals surface area contributed by atoms with E-state index in [2.05, 4.69) is 4.98 Å². The van der Waals surface area contributed by atoms with Crippen molar-refractivity contribution in [3.63, 3.8) is 0 Å². The Hall–Kier alpha value is -1.09. The van der Waals surface area contributed by atoms with Gasteiger partial charge in [-0.25, -0.2) is 0 Å². The summed E-state index contributed by atoms with van der Waals surface area (Å²) >= 11 is 0. The molecule has 88 valence electrons.